The number of rotatable bonds is 7. The molecule has 122 valence electrons. The molecule has 8 heteroatoms. The Morgan fingerprint density at radius 1 is 1.23 bits per heavy atom. The Kier molecular flexibility index (Phi) is 6.36. The second-order valence-corrected chi connectivity index (χ2v) is 7.29. The van der Waals surface area contributed by atoms with E-state index in [1.54, 1.807) is 19.1 Å². The molecule has 0 saturated carbocycles. The Morgan fingerprint density at radius 3 is 2.32 bits per heavy atom. The van der Waals surface area contributed by atoms with Gasteiger partial charge in [-0.2, -0.15) is 0 Å². The Hall–Kier alpha value is -2.09. The number of nitrogens with one attached hydrogen (secondary N) is 1. The highest BCUT2D eigenvalue weighted by atomic mass is 32.2. The zero-order valence-electron chi connectivity index (χ0n) is 12.6. The average Bonchev–Trinajstić information content (AvgIpc) is 2.50. The van der Waals surface area contributed by atoms with E-state index in [2.05, 4.69) is 5.32 Å². The molecule has 1 aromatic rings. The second kappa shape index (κ2) is 7.79. The summed E-state index contributed by atoms with van der Waals surface area (Å²) in [5, 5.41) is 11.4. The maximum Gasteiger partial charge on any atom is 0.335 e. The summed E-state index contributed by atoms with van der Waals surface area (Å²) < 4.78 is 22.8. The summed E-state index contributed by atoms with van der Waals surface area (Å²) in [6.07, 6.45) is 0. The van der Waals surface area contributed by atoms with E-state index in [-0.39, 0.29) is 36.2 Å². The molecule has 0 atom stereocenters. The minimum absolute atomic E-state index is 0.0540. The van der Waals surface area contributed by atoms with Gasteiger partial charge < -0.3 is 15.3 Å². The highest BCUT2D eigenvalue weighted by Crippen LogP contribution is 2.04. The zero-order chi connectivity index (χ0) is 16.8. The molecule has 0 aliphatic carbocycles. The maximum absolute atomic E-state index is 11.8. The van der Waals surface area contributed by atoms with E-state index in [9.17, 15) is 18.0 Å². The van der Waals surface area contributed by atoms with E-state index in [1.165, 1.54) is 24.1 Å². The number of aromatic carboxylic acids is 1. The van der Waals surface area contributed by atoms with Crippen LogP contribution < -0.4 is 5.32 Å². The number of urea groups is 1. The van der Waals surface area contributed by atoms with Gasteiger partial charge in [0.05, 0.1) is 11.3 Å². The van der Waals surface area contributed by atoms with Gasteiger partial charge in [0.25, 0.3) is 0 Å². The quantitative estimate of drug-likeness (QED) is 0.776. The first-order valence-corrected chi connectivity index (χ1v) is 8.59. The third-order valence-corrected chi connectivity index (χ3v) is 4.85. The number of carboxylic acids is 1. The van der Waals surface area contributed by atoms with E-state index >= 15 is 0 Å². The molecule has 0 aliphatic rings. The summed E-state index contributed by atoms with van der Waals surface area (Å²) in [6.45, 7) is 1.93. The molecular formula is C14H20N2O5S. The van der Waals surface area contributed by atoms with Gasteiger partial charge in [-0.25, -0.2) is 18.0 Å². The van der Waals surface area contributed by atoms with Crippen molar-refractivity contribution in [1.82, 2.24) is 10.2 Å². The summed E-state index contributed by atoms with van der Waals surface area (Å²) in [5.74, 6) is -1.02. The third kappa shape index (κ3) is 5.72. The van der Waals surface area contributed by atoms with Gasteiger partial charge in [-0.05, 0) is 17.7 Å². The topological polar surface area (TPSA) is 104 Å². The molecule has 0 aliphatic heterocycles. The minimum Gasteiger partial charge on any atom is -0.478 e. The first kappa shape index (κ1) is 18.0. The van der Waals surface area contributed by atoms with Gasteiger partial charge in [0.1, 0.15) is 0 Å². The van der Waals surface area contributed by atoms with Crippen LogP contribution in [0.15, 0.2) is 24.3 Å². The van der Waals surface area contributed by atoms with Crippen LogP contribution in [-0.2, 0) is 16.4 Å². The van der Waals surface area contributed by atoms with Crippen molar-refractivity contribution in [2.45, 2.75) is 13.5 Å². The Bertz CT molecular complexity index is 625. The lowest BCUT2D eigenvalue weighted by atomic mass is 10.1. The van der Waals surface area contributed by atoms with Crippen molar-refractivity contribution in [3.8, 4) is 0 Å². The number of benzene rings is 1. The fraction of sp³-hybridized carbons (Fsp3) is 0.429. The average molecular weight is 328 g/mol. The minimum atomic E-state index is -3.11. The molecule has 0 unspecified atom stereocenters. The van der Waals surface area contributed by atoms with Gasteiger partial charge in [0.2, 0.25) is 0 Å². The molecule has 1 aromatic carbocycles. The van der Waals surface area contributed by atoms with Crippen LogP contribution in [0.1, 0.15) is 22.8 Å². The summed E-state index contributed by atoms with van der Waals surface area (Å²) in [6, 6.07) is 5.77. The molecule has 2 N–H and O–H groups in total. The molecule has 2 amide bonds. The van der Waals surface area contributed by atoms with Crippen LogP contribution in [-0.4, -0.2) is 55.5 Å². The second-order valence-electron chi connectivity index (χ2n) is 4.82. The number of hydrogen-bond donors (Lipinski definition) is 2. The number of amides is 2. The van der Waals surface area contributed by atoms with Gasteiger partial charge in [-0.3, -0.25) is 0 Å². The predicted molar refractivity (Wildman–Crippen MR) is 82.6 cm³/mol. The number of carbonyl (C=O) groups excluding carboxylic acids is 1. The van der Waals surface area contributed by atoms with Gasteiger partial charge in [-0.15, -0.1) is 0 Å². The van der Waals surface area contributed by atoms with E-state index in [0.29, 0.717) is 0 Å². The first-order chi connectivity index (χ1) is 10.2. The molecule has 0 spiro atoms. The SMILES string of the molecule is CCS(=O)(=O)CCN(C)C(=O)NCc1ccc(C(=O)O)cc1. The summed E-state index contributed by atoms with van der Waals surface area (Å²) in [5.41, 5.74) is 0.935. The number of nitrogens with zero attached hydrogens (tertiary/aromatic N) is 1. The lowest BCUT2D eigenvalue weighted by Crippen LogP contribution is -2.39. The molecule has 0 bridgehead atoms. The van der Waals surface area contributed by atoms with E-state index in [4.69, 9.17) is 5.11 Å². The van der Waals surface area contributed by atoms with Crippen molar-refractivity contribution in [3.63, 3.8) is 0 Å². The van der Waals surface area contributed by atoms with Crippen molar-refractivity contribution < 1.29 is 23.1 Å². The summed E-state index contributed by atoms with van der Waals surface area (Å²) >= 11 is 0. The molecule has 1 rings (SSSR count). The molecule has 22 heavy (non-hydrogen) atoms. The molecule has 0 aromatic heterocycles. The lowest BCUT2D eigenvalue weighted by Gasteiger charge is -2.17. The van der Waals surface area contributed by atoms with Crippen LogP contribution in [0.2, 0.25) is 0 Å². The molecule has 0 saturated heterocycles. The van der Waals surface area contributed by atoms with Crippen LogP contribution in [0.25, 0.3) is 0 Å². The fourth-order valence-electron chi connectivity index (χ4n) is 1.60. The molecular weight excluding hydrogens is 308 g/mol. The molecule has 0 fully saturated rings. The molecule has 0 heterocycles. The highest BCUT2D eigenvalue weighted by Gasteiger charge is 2.13. The van der Waals surface area contributed by atoms with E-state index in [1.807, 2.05) is 0 Å². The number of hydrogen-bond acceptors (Lipinski definition) is 4. The normalized spacial score (nSPS) is 11.0. The van der Waals surface area contributed by atoms with Gasteiger partial charge in [0, 0.05) is 25.9 Å². The van der Waals surface area contributed by atoms with Crippen LogP contribution in [0, 0.1) is 0 Å². The van der Waals surface area contributed by atoms with Crippen molar-refractivity contribution in [2.75, 3.05) is 25.1 Å². The molecule has 7 nitrogen and oxygen atoms in total. The first-order valence-electron chi connectivity index (χ1n) is 6.77. The lowest BCUT2D eigenvalue weighted by molar-refractivity contribution is 0.0697. The van der Waals surface area contributed by atoms with Crippen LogP contribution in [0.4, 0.5) is 4.79 Å². The fourth-order valence-corrected chi connectivity index (χ4v) is 2.44. The standard InChI is InChI=1S/C14H20N2O5S/c1-3-22(20,21)9-8-16(2)14(19)15-10-11-4-6-12(7-5-11)13(17)18/h4-7H,3,8-10H2,1-2H3,(H,15,19)(H,17,18). The largest absolute Gasteiger partial charge is 0.478 e. The number of carbonyl (C=O) groups is 2. The van der Waals surface area contributed by atoms with Crippen molar-refractivity contribution in [2.24, 2.45) is 0 Å². The summed E-state index contributed by atoms with van der Waals surface area (Å²) in [7, 11) is -1.58. The van der Waals surface area contributed by atoms with Crippen molar-refractivity contribution in [3.05, 3.63) is 35.4 Å². The maximum atomic E-state index is 11.8. The van der Waals surface area contributed by atoms with Crippen molar-refractivity contribution >= 4 is 21.8 Å². The van der Waals surface area contributed by atoms with Gasteiger partial charge >= 0.3 is 12.0 Å². The van der Waals surface area contributed by atoms with Gasteiger partial charge in [-0.1, -0.05) is 19.1 Å². The molecule has 0 radical (unpaired) electrons. The van der Waals surface area contributed by atoms with Crippen LogP contribution in [0.5, 0.6) is 0 Å². The summed E-state index contributed by atoms with van der Waals surface area (Å²) in [4.78, 5) is 23.8. The van der Waals surface area contributed by atoms with Crippen LogP contribution >= 0.6 is 0 Å². The zero-order valence-corrected chi connectivity index (χ0v) is 13.4. The van der Waals surface area contributed by atoms with E-state index < -0.39 is 15.8 Å². The monoisotopic (exact) mass is 328 g/mol. The number of sulfone groups is 1. The Morgan fingerprint density at radius 2 is 1.82 bits per heavy atom. The highest BCUT2D eigenvalue weighted by molar-refractivity contribution is 7.91. The van der Waals surface area contributed by atoms with Crippen molar-refractivity contribution in [1.29, 1.82) is 0 Å². The third-order valence-electron chi connectivity index (χ3n) is 3.17. The van der Waals surface area contributed by atoms with E-state index in [0.717, 1.165) is 5.56 Å². The van der Waals surface area contributed by atoms with Gasteiger partial charge in [0.15, 0.2) is 9.84 Å². The predicted octanol–water partition coefficient (Wildman–Crippen LogP) is 0.961. The Balaban J connectivity index is 2.46. The Labute approximate surface area is 129 Å². The number of carboxylic acid groups (broad SMARTS) is 1. The smallest absolute Gasteiger partial charge is 0.335 e. The van der Waals surface area contributed by atoms with Crippen LogP contribution in [0.3, 0.4) is 0 Å².